The molecule has 2 aromatic heterocycles. The first-order valence-electron chi connectivity index (χ1n) is 27.4. The third-order valence-electron chi connectivity index (χ3n) is 16.7. The van der Waals surface area contributed by atoms with Crippen LogP contribution in [0.5, 0.6) is 11.5 Å². The predicted molar refractivity (Wildman–Crippen MR) is 303 cm³/mol. The van der Waals surface area contributed by atoms with Gasteiger partial charge >= 0.3 is 0 Å². The first-order chi connectivity index (χ1) is 37.5. The number of ether oxygens (including phenoxy) is 1. The third-order valence-corrected chi connectivity index (χ3v) is 16.7. The van der Waals surface area contributed by atoms with Crippen molar-refractivity contribution in [2.75, 3.05) is 16.5 Å². The zero-order valence-corrected chi connectivity index (χ0v) is 41.5. The number of aromatic nitrogens is 2. The minimum atomic E-state index is -2.38. The lowest BCUT2D eigenvalue weighted by Gasteiger charge is -2.50. The Morgan fingerprint density at radius 2 is 1.01 bits per heavy atom. The van der Waals surface area contributed by atoms with Crippen LogP contribution in [0.3, 0.4) is 0 Å². The van der Waals surface area contributed by atoms with Crippen molar-refractivity contribution in [3.8, 4) is 28.4 Å². The number of benzene rings is 9. The molecule has 3 heterocycles. The number of hydrogen-bond acceptors (Lipinski definition) is 4. The highest BCUT2D eigenvalue weighted by atomic mass is 16.5. The summed E-state index contributed by atoms with van der Waals surface area (Å²) < 4.78 is 35.0. The lowest BCUT2D eigenvalue weighted by Crippen LogP contribution is -2.36. The van der Waals surface area contributed by atoms with Crippen molar-refractivity contribution in [2.45, 2.75) is 56.7 Å². The number of para-hydroxylation sites is 3. The summed E-state index contributed by atoms with van der Waals surface area (Å²) in [5, 5.41) is 2.06. The summed E-state index contributed by atoms with van der Waals surface area (Å²) in [7, 11) is 0. The standard InChI is InChI=1S/C69H54N4O/c1-42-36-64(70-40-59(42)43-28-30-44(31-29-43)69(2,3)4)73-60-25-12-11-18-49(60)50-35-33-48(39-63(50)73)74-47-17-15-16-45(37-47)71-41-72(62-27-14-13-26-61(62)71)46-32-34-57-58(38-46)68-56-24-10-9-23-55(56)67(57)65-51-19-5-7-21-53(51)66(68)54-22-8-6-20-52(54)65/h5-40,65-68H,41H2,1-4H3/i1D3. The van der Waals surface area contributed by atoms with Crippen LogP contribution in [0.15, 0.2) is 219 Å². The van der Waals surface area contributed by atoms with Gasteiger partial charge in [0, 0.05) is 73.8 Å². The van der Waals surface area contributed by atoms with Crippen molar-refractivity contribution in [1.82, 2.24) is 9.55 Å². The van der Waals surface area contributed by atoms with Crippen LogP contribution in [0.2, 0.25) is 0 Å². The maximum Gasteiger partial charge on any atom is 0.137 e. The smallest absolute Gasteiger partial charge is 0.137 e. The average Bonchev–Trinajstić information content (AvgIpc) is 4.04. The Balaban J connectivity index is 0.772. The lowest BCUT2D eigenvalue weighted by atomic mass is 9.53. The Morgan fingerprint density at radius 1 is 0.473 bits per heavy atom. The molecule has 6 aliphatic carbocycles. The van der Waals surface area contributed by atoms with Gasteiger partial charge in [-0.3, -0.25) is 4.57 Å². The highest BCUT2D eigenvalue weighted by Crippen LogP contribution is 2.64. The number of anilines is 4. The van der Waals surface area contributed by atoms with E-state index in [2.05, 4.69) is 199 Å². The fourth-order valence-corrected chi connectivity index (χ4v) is 13.3. The van der Waals surface area contributed by atoms with Crippen LogP contribution in [0, 0.1) is 6.85 Å². The van der Waals surface area contributed by atoms with Crippen LogP contribution in [-0.4, -0.2) is 16.2 Å². The molecule has 0 saturated carbocycles. The molecule has 11 aromatic rings. The Labute approximate surface area is 436 Å². The maximum absolute atomic E-state index is 8.70. The van der Waals surface area contributed by atoms with E-state index in [1.807, 2.05) is 42.5 Å². The molecule has 5 heteroatoms. The molecular formula is C69H54N4O. The van der Waals surface area contributed by atoms with Gasteiger partial charge in [-0.15, -0.1) is 0 Å². The summed E-state index contributed by atoms with van der Waals surface area (Å²) in [4.78, 5) is 9.84. The number of fused-ring (bicyclic) bond motifs is 4. The van der Waals surface area contributed by atoms with Crippen molar-refractivity contribution < 1.29 is 8.85 Å². The first-order valence-corrected chi connectivity index (χ1v) is 25.9. The van der Waals surface area contributed by atoms with Gasteiger partial charge in [0.25, 0.3) is 0 Å². The number of pyridine rings is 1. The molecule has 0 N–H and O–H groups in total. The Hall–Kier alpha value is -8.67. The number of aryl methyl sites for hydroxylation is 1. The molecule has 2 atom stereocenters. The van der Waals surface area contributed by atoms with E-state index in [4.69, 9.17) is 13.8 Å². The molecule has 1 aliphatic heterocycles. The fraction of sp³-hybridized carbons (Fsp3) is 0.145. The van der Waals surface area contributed by atoms with E-state index in [-0.39, 0.29) is 34.7 Å². The van der Waals surface area contributed by atoms with Crippen LogP contribution in [0.1, 0.15) is 104 Å². The summed E-state index contributed by atoms with van der Waals surface area (Å²) >= 11 is 0. The van der Waals surface area contributed by atoms with Crippen molar-refractivity contribution in [1.29, 1.82) is 0 Å². The van der Waals surface area contributed by atoms with Crippen molar-refractivity contribution in [2.24, 2.45) is 0 Å². The highest BCUT2D eigenvalue weighted by Gasteiger charge is 2.50. The molecule has 2 unspecified atom stereocenters. The van der Waals surface area contributed by atoms with Crippen LogP contribution in [0.4, 0.5) is 22.7 Å². The minimum Gasteiger partial charge on any atom is -0.457 e. The molecule has 0 spiro atoms. The van der Waals surface area contributed by atoms with Crippen LogP contribution >= 0.6 is 0 Å². The summed E-state index contributed by atoms with van der Waals surface area (Å²) in [6, 6.07) is 76.4. The molecule has 4 bridgehead atoms. The van der Waals surface area contributed by atoms with Crippen LogP contribution in [0.25, 0.3) is 38.8 Å². The van der Waals surface area contributed by atoms with Gasteiger partial charge in [0.15, 0.2) is 0 Å². The maximum atomic E-state index is 8.70. The number of hydrogen-bond donors (Lipinski definition) is 0. The van der Waals surface area contributed by atoms with E-state index in [1.165, 1.54) is 55.8 Å². The van der Waals surface area contributed by atoms with Gasteiger partial charge in [-0.05, 0) is 134 Å². The summed E-state index contributed by atoms with van der Waals surface area (Å²) in [5.41, 5.74) is 20.8. The summed E-state index contributed by atoms with van der Waals surface area (Å²) in [5.74, 6) is 2.67. The van der Waals surface area contributed by atoms with Gasteiger partial charge in [0.2, 0.25) is 0 Å². The topological polar surface area (TPSA) is 33.5 Å². The third kappa shape index (κ3) is 6.45. The number of nitrogens with zero attached hydrogens (tertiary/aromatic N) is 4. The van der Waals surface area contributed by atoms with Gasteiger partial charge in [-0.25, -0.2) is 4.98 Å². The van der Waals surface area contributed by atoms with Gasteiger partial charge in [-0.1, -0.05) is 160 Å². The van der Waals surface area contributed by atoms with Crippen molar-refractivity contribution in [3.05, 3.63) is 274 Å². The molecule has 18 rings (SSSR count). The van der Waals surface area contributed by atoms with Crippen molar-refractivity contribution >= 4 is 44.6 Å². The molecule has 7 aliphatic rings. The number of rotatable bonds is 6. The van der Waals surface area contributed by atoms with Crippen LogP contribution in [-0.2, 0) is 5.41 Å². The minimum absolute atomic E-state index is 0.0287. The Bertz CT molecular complexity index is 4160. The van der Waals surface area contributed by atoms with E-state index in [1.54, 1.807) is 12.3 Å². The van der Waals surface area contributed by atoms with Gasteiger partial charge in [0.05, 0.1) is 22.4 Å². The van der Waals surface area contributed by atoms with Gasteiger partial charge < -0.3 is 14.5 Å². The van der Waals surface area contributed by atoms with Gasteiger partial charge in [-0.2, -0.15) is 0 Å². The second-order valence-corrected chi connectivity index (χ2v) is 21.6. The molecule has 0 fully saturated rings. The molecule has 9 aromatic carbocycles. The predicted octanol–water partition coefficient (Wildman–Crippen LogP) is 17.4. The average molecular weight is 958 g/mol. The summed E-state index contributed by atoms with van der Waals surface area (Å²) in [6.45, 7) is 4.77. The van der Waals surface area contributed by atoms with Gasteiger partial charge in [0.1, 0.15) is 24.0 Å². The summed E-state index contributed by atoms with van der Waals surface area (Å²) in [6.07, 6.45) is 1.71. The van der Waals surface area contributed by atoms with Crippen LogP contribution < -0.4 is 14.5 Å². The molecule has 74 heavy (non-hydrogen) atoms. The van der Waals surface area contributed by atoms with E-state index < -0.39 is 6.85 Å². The second-order valence-electron chi connectivity index (χ2n) is 21.6. The highest BCUT2D eigenvalue weighted by molar-refractivity contribution is 6.09. The van der Waals surface area contributed by atoms with E-state index >= 15 is 0 Å². The SMILES string of the molecule is [2H]C([2H])([2H])c1cc(-n2c3ccccc3c3ccc(Oc4cccc(N5CN(c6ccc7c(c6)C6c8ccccc8C7C7c8ccccc8C6c6ccccc67)c6ccccc65)c4)cc32)ncc1-c1ccc(C(C)(C)C)cc1. The zero-order valence-electron chi connectivity index (χ0n) is 44.5. The largest absolute Gasteiger partial charge is 0.457 e. The fourth-order valence-electron chi connectivity index (χ4n) is 13.3. The monoisotopic (exact) mass is 957 g/mol. The zero-order chi connectivity index (χ0) is 51.9. The second kappa shape index (κ2) is 16.2. The Kier molecular flexibility index (Phi) is 8.71. The lowest BCUT2D eigenvalue weighted by molar-refractivity contribution is 0.483. The first kappa shape index (κ1) is 39.9. The quantitative estimate of drug-likeness (QED) is 0.166. The molecule has 356 valence electrons. The molecule has 0 saturated heterocycles. The Morgan fingerprint density at radius 3 is 1.64 bits per heavy atom. The van der Waals surface area contributed by atoms with E-state index in [0.717, 1.165) is 44.4 Å². The molecule has 0 radical (unpaired) electrons. The molecule has 0 amide bonds. The molecular weight excluding hydrogens is 901 g/mol. The van der Waals surface area contributed by atoms with E-state index in [9.17, 15) is 0 Å². The normalized spacial score (nSPS) is 18.7. The molecule has 5 nitrogen and oxygen atoms in total. The van der Waals surface area contributed by atoms with E-state index in [0.29, 0.717) is 29.5 Å². The van der Waals surface area contributed by atoms with Crippen molar-refractivity contribution in [3.63, 3.8) is 0 Å².